The van der Waals surface area contributed by atoms with Gasteiger partial charge in [-0.2, -0.15) is 9.97 Å². The van der Waals surface area contributed by atoms with Gasteiger partial charge < -0.3 is 16.2 Å². The van der Waals surface area contributed by atoms with E-state index in [1.165, 1.54) is 18.2 Å². The van der Waals surface area contributed by atoms with Gasteiger partial charge in [-0.05, 0) is 18.6 Å². The number of ether oxygens (including phenoxy) is 1. The molecule has 8 heteroatoms. The Bertz CT molecular complexity index is 624. The SMILES string of the molecule is Cc1ccc([N+](=O)[O-])cc1Oc1cc(N)nc(N)n1. The molecule has 4 N–H and O–H groups in total. The molecule has 0 saturated carbocycles. The summed E-state index contributed by atoms with van der Waals surface area (Å²) in [7, 11) is 0. The largest absolute Gasteiger partial charge is 0.438 e. The van der Waals surface area contributed by atoms with Crippen LogP contribution in [0.15, 0.2) is 24.3 Å². The van der Waals surface area contributed by atoms with E-state index >= 15 is 0 Å². The number of nitrogens with two attached hydrogens (primary N) is 2. The van der Waals surface area contributed by atoms with Crippen LogP contribution in [0.5, 0.6) is 11.6 Å². The molecule has 1 aromatic carbocycles. The lowest BCUT2D eigenvalue weighted by molar-refractivity contribution is -0.384. The Morgan fingerprint density at radius 2 is 2.00 bits per heavy atom. The number of nitrogens with zero attached hydrogens (tertiary/aromatic N) is 3. The molecule has 0 atom stereocenters. The van der Waals surface area contributed by atoms with E-state index in [-0.39, 0.29) is 23.3 Å². The van der Waals surface area contributed by atoms with Gasteiger partial charge in [0, 0.05) is 12.1 Å². The highest BCUT2D eigenvalue weighted by Crippen LogP contribution is 2.28. The Morgan fingerprint density at radius 3 is 2.63 bits per heavy atom. The average Bonchev–Trinajstić information content (AvgIpc) is 2.30. The first-order chi connectivity index (χ1) is 8.95. The smallest absolute Gasteiger partial charge is 0.273 e. The second-order valence-corrected chi connectivity index (χ2v) is 3.80. The molecule has 0 bridgehead atoms. The summed E-state index contributed by atoms with van der Waals surface area (Å²) < 4.78 is 5.45. The highest BCUT2D eigenvalue weighted by molar-refractivity contribution is 5.46. The molecule has 0 amide bonds. The number of hydrogen-bond acceptors (Lipinski definition) is 7. The van der Waals surface area contributed by atoms with Gasteiger partial charge in [0.1, 0.15) is 11.6 Å². The van der Waals surface area contributed by atoms with Crippen molar-refractivity contribution in [1.29, 1.82) is 0 Å². The molecule has 19 heavy (non-hydrogen) atoms. The van der Waals surface area contributed by atoms with Crippen LogP contribution in [0.4, 0.5) is 17.5 Å². The van der Waals surface area contributed by atoms with Crippen molar-refractivity contribution in [3.63, 3.8) is 0 Å². The Hall–Kier alpha value is -2.90. The van der Waals surface area contributed by atoms with Gasteiger partial charge in [0.2, 0.25) is 11.8 Å². The molecule has 0 aliphatic carbocycles. The highest BCUT2D eigenvalue weighted by Gasteiger charge is 2.11. The van der Waals surface area contributed by atoms with E-state index in [0.29, 0.717) is 5.75 Å². The molecule has 0 saturated heterocycles. The third kappa shape index (κ3) is 2.86. The first-order valence-electron chi connectivity index (χ1n) is 5.28. The molecule has 0 radical (unpaired) electrons. The number of non-ortho nitro benzene ring substituents is 1. The average molecular weight is 261 g/mol. The summed E-state index contributed by atoms with van der Waals surface area (Å²) in [5.41, 5.74) is 11.6. The molecule has 0 aliphatic heterocycles. The molecule has 98 valence electrons. The molecule has 0 fully saturated rings. The van der Waals surface area contributed by atoms with Crippen molar-refractivity contribution >= 4 is 17.5 Å². The van der Waals surface area contributed by atoms with Crippen LogP contribution >= 0.6 is 0 Å². The van der Waals surface area contributed by atoms with Crippen LogP contribution in [0, 0.1) is 17.0 Å². The van der Waals surface area contributed by atoms with Gasteiger partial charge >= 0.3 is 0 Å². The van der Waals surface area contributed by atoms with Crippen molar-refractivity contribution < 1.29 is 9.66 Å². The standard InChI is InChI=1S/C11H11N5O3/c1-6-2-3-7(16(17)18)4-8(6)19-10-5-9(12)14-11(13)15-10/h2-5H,1H3,(H4,12,13,14,15). The quantitative estimate of drug-likeness (QED) is 0.634. The maximum atomic E-state index is 10.7. The predicted octanol–water partition coefficient (Wildman–Crippen LogP) is 1.65. The molecule has 2 aromatic rings. The third-order valence-electron chi connectivity index (χ3n) is 2.34. The lowest BCUT2D eigenvalue weighted by Crippen LogP contribution is -2.01. The number of benzene rings is 1. The first kappa shape index (κ1) is 12.6. The molecular formula is C11H11N5O3. The fourth-order valence-corrected chi connectivity index (χ4v) is 1.44. The second-order valence-electron chi connectivity index (χ2n) is 3.80. The highest BCUT2D eigenvalue weighted by atomic mass is 16.6. The van der Waals surface area contributed by atoms with E-state index in [1.54, 1.807) is 13.0 Å². The van der Waals surface area contributed by atoms with Crippen LogP contribution in [0.3, 0.4) is 0 Å². The van der Waals surface area contributed by atoms with Crippen LogP contribution in [-0.4, -0.2) is 14.9 Å². The first-order valence-corrected chi connectivity index (χ1v) is 5.28. The summed E-state index contributed by atoms with van der Waals surface area (Å²) in [5, 5.41) is 10.7. The fourth-order valence-electron chi connectivity index (χ4n) is 1.44. The molecular weight excluding hydrogens is 250 g/mol. The molecule has 8 nitrogen and oxygen atoms in total. The minimum absolute atomic E-state index is 0.0296. The van der Waals surface area contributed by atoms with E-state index in [9.17, 15) is 10.1 Å². The van der Waals surface area contributed by atoms with Crippen LogP contribution in [0.25, 0.3) is 0 Å². The monoisotopic (exact) mass is 261 g/mol. The van der Waals surface area contributed by atoms with E-state index in [4.69, 9.17) is 16.2 Å². The zero-order valence-corrected chi connectivity index (χ0v) is 10.0. The number of nitro benzene ring substituents is 1. The number of aryl methyl sites for hydroxylation is 1. The van der Waals surface area contributed by atoms with Crippen LogP contribution in [-0.2, 0) is 0 Å². The molecule has 1 heterocycles. The van der Waals surface area contributed by atoms with Crippen molar-refractivity contribution in [2.45, 2.75) is 6.92 Å². The van der Waals surface area contributed by atoms with E-state index < -0.39 is 4.92 Å². The lowest BCUT2D eigenvalue weighted by Gasteiger charge is -2.08. The zero-order valence-electron chi connectivity index (χ0n) is 10.0. The summed E-state index contributed by atoms with van der Waals surface area (Å²) in [4.78, 5) is 17.7. The number of nitrogen functional groups attached to an aromatic ring is 2. The number of nitro groups is 1. The van der Waals surface area contributed by atoms with Gasteiger partial charge in [0.05, 0.1) is 11.0 Å². The third-order valence-corrected chi connectivity index (χ3v) is 2.34. The number of hydrogen-bond donors (Lipinski definition) is 2. The van der Waals surface area contributed by atoms with Gasteiger partial charge in [0.25, 0.3) is 5.69 Å². The van der Waals surface area contributed by atoms with Crippen LogP contribution in [0.1, 0.15) is 5.56 Å². The Kier molecular flexibility index (Phi) is 3.15. The molecule has 1 aromatic heterocycles. The molecule has 0 unspecified atom stereocenters. The molecule has 0 aliphatic rings. The topological polar surface area (TPSA) is 130 Å². The normalized spacial score (nSPS) is 10.2. The van der Waals surface area contributed by atoms with Crippen molar-refractivity contribution in [3.05, 3.63) is 39.9 Å². The zero-order chi connectivity index (χ0) is 14.0. The molecule has 0 spiro atoms. The van der Waals surface area contributed by atoms with E-state index in [2.05, 4.69) is 9.97 Å². The summed E-state index contributed by atoms with van der Waals surface area (Å²) in [6, 6.07) is 5.67. The summed E-state index contributed by atoms with van der Waals surface area (Å²) in [5.74, 6) is 0.573. The maximum absolute atomic E-state index is 10.7. The second kappa shape index (κ2) is 4.77. The summed E-state index contributed by atoms with van der Waals surface area (Å²) in [6.07, 6.45) is 0. The summed E-state index contributed by atoms with van der Waals surface area (Å²) >= 11 is 0. The Morgan fingerprint density at radius 1 is 1.26 bits per heavy atom. The number of anilines is 2. The Labute approximate surface area is 108 Å². The lowest BCUT2D eigenvalue weighted by atomic mass is 10.2. The Balaban J connectivity index is 2.37. The minimum atomic E-state index is -0.505. The number of aromatic nitrogens is 2. The van der Waals surface area contributed by atoms with Gasteiger partial charge in [0.15, 0.2) is 0 Å². The molecule has 2 rings (SSSR count). The minimum Gasteiger partial charge on any atom is -0.438 e. The van der Waals surface area contributed by atoms with Gasteiger partial charge in [-0.25, -0.2) is 0 Å². The maximum Gasteiger partial charge on any atom is 0.273 e. The number of rotatable bonds is 3. The van der Waals surface area contributed by atoms with Crippen LogP contribution < -0.4 is 16.2 Å². The van der Waals surface area contributed by atoms with E-state index in [1.807, 2.05) is 0 Å². The van der Waals surface area contributed by atoms with Crippen molar-refractivity contribution in [1.82, 2.24) is 9.97 Å². The van der Waals surface area contributed by atoms with Gasteiger partial charge in [-0.1, -0.05) is 0 Å². The fraction of sp³-hybridized carbons (Fsp3) is 0.0909. The van der Waals surface area contributed by atoms with Gasteiger partial charge in [-0.3, -0.25) is 10.1 Å². The predicted molar refractivity (Wildman–Crippen MR) is 68.8 cm³/mol. The van der Waals surface area contributed by atoms with Crippen molar-refractivity contribution in [2.24, 2.45) is 0 Å². The van der Waals surface area contributed by atoms with Crippen LogP contribution in [0.2, 0.25) is 0 Å². The van der Waals surface area contributed by atoms with Crippen molar-refractivity contribution in [3.8, 4) is 11.6 Å². The van der Waals surface area contributed by atoms with Gasteiger partial charge in [-0.15, -0.1) is 0 Å². The summed E-state index contributed by atoms with van der Waals surface area (Å²) in [6.45, 7) is 1.76. The van der Waals surface area contributed by atoms with E-state index in [0.717, 1.165) is 5.56 Å². The van der Waals surface area contributed by atoms with Crippen molar-refractivity contribution in [2.75, 3.05) is 11.5 Å².